The smallest absolute Gasteiger partial charge is 0.323 e. The van der Waals surface area contributed by atoms with E-state index in [0.29, 0.717) is 29.1 Å². The van der Waals surface area contributed by atoms with Crippen LogP contribution in [0.1, 0.15) is 16.8 Å². The van der Waals surface area contributed by atoms with Crippen molar-refractivity contribution >= 4 is 34.2 Å². The van der Waals surface area contributed by atoms with E-state index in [2.05, 4.69) is 20.2 Å². The molecule has 1 atom stereocenters. The summed E-state index contributed by atoms with van der Waals surface area (Å²) in [5.74, 6) is 0.282. The van der Waals surface area contributed by atoms with Crippen LogP contribution in [0.4, 0.5) is 5.69 Å². The van der Waals surface area contributed by atoms with Gasteiger partial charge < -0.3 is 20.2 Å². The summed E-state index contributed by atoms with van der Waals surface area (Å²) < 4.78 is 0. The van der Waals surface area contributed by atoms with E-state index in [1.807, 2.05) is 24.3 Å². The van der Waals surface area contributed by atoms with Crippen molar-refractivity contribution in [1.82, 2.24) is 15.3 Å². The van der Waals surface area contributed by atoms with Gasteiger partial charge in [0, 0.05) is 35.9 Å². The van der Waals surface area contributed by atoms with Gasteiger partial charge in [0.05, 0.1) is 11.0 Å². The van der Waals surface area contributed by atoms with E-state index in [1.165, 1.54) is 0 Å². The minimum Gasteiger partial charge on any atom is -0.371 e. The third-order valence-electron chi connectivity index (χ3n) is 4.81. The summed E-state index contributed by atoms with van der Waals surface area (Å²) in [6, 6.07) is 13.0. The molecule has 2 heterocycles. The third-order valence-corrected chi connectivity index (χ3v) is 5.06. The molecule has 0 radical (unpaired) electrons. The number of hydrogen-bond donors (Lipinski definition) is 3. The lowest BCUT2D eigenvalue weighted by molar-refractivity contribution is 0.0948. The molecule has 1 amide bonds. The van der Waals surface area contributed by atoms with Crippen LogP contribution < -0.4 is 15.9 Å². The van der Waals surface area contributed by atoms with E-state index < -0.39 is 0 Å². The van der Waals surface area contributed by atoms with Gasteiger partial charge in [-0.25, -0.2) is 4.79 Å². The second-order valence-corrected chi connectivity index (χ2v) is 7.06. The molecule has 0 aliphatic carbocycles. The summed E-state index contributed by atoms with van der Waals surface area (Å²) in [5.41, 5.74) is 2.76. The fourth-order valence-electron chi connectivity index (χ4n) is 3.40. The van der Waals surface area contributed by atoms with Gasteiger partial charge in [-0.2, -0.15) is 0 Å². The fraction of sp³-hybridized carbons (Fsp3) is 0.263. The average molecular weight is 371 g/mol. The molecule has 3 N–H and O–H groups in total. The zero-order valence-corrected chi connectivity index (χ0v) is 14.8. The molecule has 0 bridgehead atoms. The minimum atomic E-state index is -0.272. The highest BCUT2D eigenvalue weighted by Crippen LogP contribution is 2.25. The summed E-state index contributed by atoms with van der Waals surface area (Å²) in [4.78, 5) is 31.4. The number of anilines is 1. The Bertz CT molecular complexity index is 993. The van der Waals surface area contributed by atoms with E-state index in [4.69, 9.17) is 11.6 Å². The zero-order valence-electron chi connectivity index (χ0n) is 14.1. The van der Waals surface area contributed by atoms with Gasteiger partial charge in [0.15, 0.2) is 0 Å². The molecule has 4 rings (SSSR count). The van der Waals surface area contributed by atoms with Gasteiger partial charge in [-0.05, 0) is 54.8 Å². The molecule has 0 saturated carbocycles. The molecule has 0 spiro atoms. The molecule has 1 fully saturated rings. The maximum absolute atomic E-state index is 12.4. The van der Waals surface area contributed by atoms with Crippen LogP contribution in [0.15, 0.2) is 47.3 Å². The molecule has 3 aromatic rings. The molecular formula is C19H19ClN4O2. The zero-order chi connectivity index (χ0) is 18.1. The van der Waals surface area contributed by atoms with Gasteiger partial charge in [0.1, 0.15) is 0 Å². The highest BCUT2D eigenvalue weighted by molar-refractivity contribution is 6.30. The van der Waals surface area contributed by atoms with E-state index >= 15 is 0 Å². The van der Waals surface area contributed by atoms with Crippen molar-refractivity contribution in [2.75, 3.05) is 24.5 Å². The van der Waals surface area contributed by atoms with Gasteiger partial charge >= 0.3 is 5.69 Å². The topological polar surface area (TPSA) is 81.0 Å². The number of carbonyl (C=O) groups is 1. The first-order chi connectivity index (χ1) is 12.6. The van der Waals surface area contributed by atoms with Crippen LogP contribution in [0.3, 0.4) is 0 Å². The van der Waals surface area contributed by atoms with Crippen LogP contribution in [-0.4, -0.2) is 35.5 Å². The Labute approximate surface area is 155 Å². The number of fused-ring (bicyclic) bond motifs is 1. The van der Waals surface area contributed by atoms with E-state index in [9.17, 15) is 9.59 Å². The first kappa shape index (κ1) is 16.7. The molecule has 7 heteroatoms. The number of carbonyl (C=O) groups excluding carboxylic acids is 1. The van der Waals surface area contributed by atoms with E-state index in [1.54, 1.807) is 18.2 Å². The largest absolute Gasteiger partial charge is 0.371 e. The molecule has 2 aromatic carbocycles. The van der Waals surface area contributed by atoms with Crippen LogP contribution >= 0.6 is 11.6 Å². The van der Waals surface area contributed by atoms with E-state index in [0.717, 1.165) is 30.2 Å². The SMILES string of the molecule is O=C(NCC1CCN(c2ccc(Cl)cc2)C1)c1ccc2[nH]c(=O)[nH]c2c1. The predicted octanol–water partition coefficient (Wildman–Crippen LogP) is 2.77. The first-order valence-electron chi connectivity index (χ1n) is 8.59. The molecule has 26 heavy (non-hydrogen) atoms. The Morgan fingerprint density at radius 2 is 1.92 bits per heavy atom. The molecule has 6 nitrogen and oxygen atoms in total. The number of H-pyrrole nitrogens is 2. The van der Waals surface area contributed by atoms with Crippen LogP contribution in [0.5, 0.6) is 0 Å². The Morgan fingerprint density at radius 3 is 2.73 bits per heavy atom. The second kappa shape index (κ2) is 6.88. The van der Waals surface area contributed by atoms with Crippen LogP contribution in [0.25, 0.3) is 11.0 Å². The van der Waals surface area contributed by atoms with Gasteiger partial charge in [-0.3, -0.25) is 4.79 Å². The Hall–Kier alpha value is -2.73. The van der Waals surface area contributed by atoms with Gasteiger partial charge in [-0.15, -0.1) is 0 Å². The predicted molar refractivity (Wildman–Crippen MR) is 103 cm³/mol. The minimum absolute atomic E-state index is 0.126. The molecule has 1 saturated heterocycles. The number of halogens is 1. The first-order valence-corrected chi connectivity index (χ1v) is 8.97. The summed E-state index contributed by atoms with van der Waals surface area (Å²) >= 11 is 5.94. The average Bonchev–Trinajstić information content (AvgIpc) is 3.25. The monoisotopic (exact) mass is 370 g/mol. The highest BCUT2D eigenvalue weighted by atomic mass is 35.5. The maximum Gasteiger partial charge on any atom is 0.323 e. The lowest BCUT2D eigenvalue weighted by Crippen LogP contribution is -2.31. The number of amides is 1. The lowest BCUT2D eigenvalue weighted by atomic mass is 10.1. The van der Waals surface area contributed by atoms with Gasteiger partial charge in [0.25, 0.3) is 5.91 Å². The lowest BCUT2D eigenvalue weighted by Gasteiger charge is -2.19. The molecule has 134 valence electrons. The fourth-order valence-corrected chi connectivity index (χ4v) is 3.52. The molecule has 1 aromatic heterocycles. The Morgan fingerprint density at radius 1 is 1.15 bits per heavy atom. The van der Waals surface area contributed by atoms with Crippen molar-refractivity contribution in [2.24, 2.45) is 5.92 Å². The highest BCUT2D eigenvalue weighted by Gasteiger charge is 2.23. The normalized spacial score (nSPS) is 17.0. The number of nitrogens with one attached hydrogen (secondary N) is 3. The number of nitrogens with zero attached hydrogens (tertiary/aromatic N) is 1. The summed E-state index contributed by atoms with van der Waals surface area (Å²) in [5, 5.41) is 3.74. The van der Waals surface area contributed by atoms with E-state index in [-0.39, 0.29) is 11.6 Å². The standard InChI is InChI=1S/C19H19ClN4O2/c20-14-2-4-15(5-3-14)24-8-7-12(11-24)10-21-18(25)13-1-6-16-17(9-13)23-19(26)22-16/h1-6,9,12H,7-8,10-11H2,(H,21,25)(H2,22,23,26). The van der Waals surface area contributed by atoms with Crippen molar-refractivity contribution in [3.05, 3.63) is 63.5 Å². The van der Waals surface area contributed by atoms with Gasteiger partial charge in [-0.1, -0.05) is 11.6 Å². The maximum atomic E-state index is 12.4. The number of aromatic amines is 2. The summed E-state index contributed by atoms with van der Waals surface area (Å²) in [7, 11) is 0. The molecular weight excluding hydrogens is 352 g/mol. The van der Waals surface area contributed by atoms with Crippen molar-refractivity contribution in [3.63, 3.8) is 0 Å². The summed E-state index contributed by atoms with van der Waals surface area (Å²) in [6.07, 6.45) is 1.03. The number of benzene rings is 2. The summed E-state index contributed by atoms with van der Waals surface area (Å²) in [6.45, 7) is 2.51. The molecule has 1 unspecified atom stereocenters. The number of rotatable bonds is 4. The van der Waals surface area contributed by atoms with Crippen molar-refractivity contribution < 1.29 is 4.79 Å². The van der Waals surface area contributed by atoms with Crippen molar-refractivity contribution in [1.29, 1.82) is 0 Å². The Kier molecular flexibility index (Phi) is 4.42. The molecule has 1 aliphatic heterocycles. The molecule has 1 aliphatic rings. The third kappa shape index (κ3) is 3.46. The van der Waals surface area contributed by atoms with Crippen LogP contribution in [0, 0.1) is 5.92 Å². The Balaban J connectivity index is 1.35. The van der Waals surface area contributed by atoms with Crippen LogP contribution in [-0.2, 0) is 0 Å². The van der Waals surface area contributed by atoms with Crippen molar-refractivity contribution in [2.45, 2.75) is 6.42 Å². The quantitative estimate of drug-likeness (QED) is 0.660. The number of hydrogen-bond acceptors (Lipinski definition) is 3. The van der Waals surface area contributed by atoms with Crippen LogP contribution in [0.2, 0.25) is 5.02 Å². The van der Waals surface area contributed by atoms with Crippen molar-refractivity contribution in [3.8, 4) is 0 Å². The van der Waals surface area contributed by atoms with Gasteiger partial charge in [0.2, 0.25) is 0 Å². The number of imidazole rings is 1. The second-order valence-electron chi connectivity index (χ2n) is 6.63. The number of aromatic nitrogens is 2.